The number of aliphatic hydroxyl groups is 1. The van der Waals surface area contributed by atoms with Crippen LogP contribution in [0, 0.1) is 29.6 Å². The molecule has 0 aliphatic rings. The van der Waals surface area contributed by atoms with Crippen molar-refractivity contribution in [2.75, 3.05) is 0 Å². The number of pyridine rings is 1. The summed E-state index contributed by atoms with van der Waals surface area (Å²) in [5, 5.41) is 33.6. The normalized spacial score (nSPS) is 12.6. The maximum absolute atomic E-state index is 12.4. The molecule has 5 aromatic rings. The molecule has 174 valence electrons. The van der Waals surface area contributed by atoms with Crippen LogP contribution in [-0.4, -0.2) is 19.6 Å². The molecule has 0 spiro atoms. The molecule has 3 aromatic carbocycles. The fourth-order valence-corrected chi connectivity index (χ4v) is 4.82. The van der Waals surface area contributed by atoms with Crippen molar-refractivity contribution in [2.45, 2.75) is 12.5 Å². The number of halogens is 1. The molecule has 2 heterocycles. The predicted molar refractivity (Wildman–Crippen MR) is 138 cm³/mol. The van der Waals surface area contributed by atoms with Crippen molar-refractivity contribution in [3.63, 3.8) is 0 Å². The molecule has 1 unspecified atom stereocenters. The molecule has 2 aromatic heterocycles. The largest absolute Gasteiger partial charge is 0.374 e. The van der Waals surface area contributed by atoms with E-state index in [0.29, 0.717) is 43.9 Å². The van der Waals surface area contributed by atoms with Crippen LogP contribution in [-0.2, 0) is 12.6 Å². The van der Waals surface area contributed by atoms with Gasteiger partial charge in [0.05, 0.1) is 29.3 Å². The van der Waals surface area contributed by atoms with Crippen LogP contribution in [0.2, 0.25) is 5.02 Å². The number of hydrogen-bond acceptors (Lipinski definition) is 5. The van der Waals surface area contributed by atoms with E-state index in [-0.39, 0.29) is 5.69 Å². The summed E-state index contributed by atoms with van der Waals surface area (Å²) in [6, 6.07) is 24.3. The van der Waals surface area contributed by atoms with Crippen LogP contribution in [0.3, 0.4) is 0 Å². The molecular weight excluding hydrogens is 470 g/mol. The topological polar surface area (TPSA) is 98.5 Å². The molecule has 1 atom stereocenters. The summed E-state index contributed by atoms with van der Waals surface area (Å²) < 4.78 is 1.76. The van der Waals surface area contributed by atoms with E-state index in [9.17, 15) is 15.6 Å². The molecule has 0 aliphatic carbocycles. The Morgan fingerprint density at radius 1 is 0.972 bits per heavy atom. The average Bonchev–Trinajstić information content (AvgIpc) is 3.34. The number of aromatic nitrogens is 3. The van der Waals surface area contributed by atoms with Crippen molar-refractivity contribution in [1.82, 2.24) is 14.5 Å². The first kappa shape index (κ1) is 23.3. The third kappa shape index (κ3) is 3.61. The Bertz CT molecular complexity index is 1700. The van der Waals surface area contributed by atoms with Gasteiger partial charge in [0.15, 0.2) is 5.60 Å². The van der Waals surface area contributed by atoms with Crippen LogP contribution in [0.4, 0.5) is 0 Å². The molecule has 0 saturated carbocycles. The lowest BCUT2D eigenvalue weighted by molar-refractivity contribution is 0.117. The highest BCUT2D eigenvalue weighted by Gasteiger charge is 2.37. The van der Waals surface area contributed by atoms with Gasteiger partial charge in [0.2, 0.25) is 0 Å². The zero-order valence-electron chi connectivity index (χ0n) is 19.6. The Kier molecular flexibility index (Phi) is 5.78. The predicted octanol–water partition coefficient (Wildman–Crippen LogP) is 5.62. The van der Waals surface area contributed by atoms with Gasteiger partial charge in [0.25, 0.3) is 0 Å². The van der Waals surface area contributed by atoms with Gasteiger partial charge in [-0.2, -0.15) is 10.5 Å². The van der Waals surface area contributed by atoms with Crippen LogP contribution < -0.4 is 0 Å². The first-order valence-electron chi connectivity index (χ1n) is 11.2. The highest BCUT2D eigenvalue weighted by molar-refractivity contribution is 6.30. The Morgan fingerprint density at radius 2 is 1.69 bits per heavy atom. The fourth-order valence-electron chi connectivity index (χ4n) is 4.69. The van der Waals surface area contributed by atoms with E-state index in [0.717, 1.165) is 11.1 Å². The van der Waals surface area contributed by atoms with Gasteiger partial charge in [-0.05, 0) is 47.4 Å². The van der Waals surface area contributed by atoms with Crippen molar-refractivity contribution < 1.29 is 5.11 Å². The number of rotatable bonds is 4. The van der Waals surface area contributed by atoms with E-state index >= 15 is 0 Å². The lowest BCUT2D eigenvalue weighted by Crippen LogP contribution is -2.31. The minimum atomic E-state index is -1.59. The summed E-state index contributed by atoms with van der Waals surface area (Å²) in [6.45, 7) is 1.86. The molecule has 1 N–H and O–H groups in total. The number of fused-ring (bicyclic) bond motifs is 1. The van der Waals surface area contributed by atoms with Gasteiger partial charge in [-0.15, -0.1) is 0 Å². The van der Waals surface area contributed by atoms with Crippen LogP contribution in [0.25, 0.3) is 22.0 Å². The molecule has 0 amide bonds. The van der Waals surface area contributed by atoms with Gasteiger partial charge in [-0.1, -0.05) is 60.1 Å². The maximum atomic E-state index is 12.4. The molecule has 36 heavy (non-hydrogen) atoms. The van der Waals surface area contributed by atoms with Crippen LogP contribution in [0.5, 0.6) is 0 Å². The Morgan fingerprint density at radius 3 is 2.31 bits per heavy atom. The second-order valence-electron chi connectivity index (χ2n) is 8.60. The number of benzene rings is 3. The SMILES string of the molecule is Cc1cc(C(O)(c2ccc(Cl)cc2)c2cncn2C)cc2c(C#N)c(-c3ccccc3)c(C#N)nc12. The summed E-state index contributed by atoms with van der Waals surface area (Å²) in [6.07, 6.45) is 3.24. The summed E-state index contributed by atoms with van der Waals surface area (Å²) in [5.74, 6) is 0. The van der Waals surface area contributed by atoms with Crippen molar-refractivity contribution in [1.29, 1.82) is 10.5 Å². The average molecular weight is 490 g/mol. The monoisotopic (exact) mass is 489 g/mol. The lowest BCUT2D eigenvalue weighted by Gasteiger charge is -2.30. The Labute approximate surface area is 213 Å². The molecular formula is C29H20ClN5O. The minimum absolute atomic E-state index is 0.181. The Balaban J connectivity index is 1.88. The number of hydrogen-bond donors (Lipinski definition) is 1. The molecule has 0 bridgehead atoms. The van der Waals surface area contributed by atoms with Crippen molar-refractivity contribution >= 4 is 22.5 Å². The third-order valence-electron chi connectivity index (χ3n) is 6.43. The van der Waals surface area contributed by atoms with E-state index in [2.05, 4.69) is 22.1 Å². The molecule has 0 saturated heterocycles. The van der Waals surface area contributed by atoms with Gasteiger partial charge in [0, 0.05) is 23.0 Å². The summed E-state index contributed by atoms with van der Waals surface area (Å²) in [4.78, 5) is 8.86. The zero-order chi connectivity index (χ0) is 25.4. The van der Waals surface area contributed by atoms with Gasteiger partial charge in [-0.25, -0.2) is 9.97 Å². The summed E-state index contributed by atoms with van der Waals surface area (Å²) >= 11 is 6.14. The van der Waals surface area contributed by atoms with Crippen molar-refractivity contribution in [3.8, 4) is 23.3 Å². The lowest BCUT2D eigenvalue weighted by atomic mass is 9.81. The number of imidazole rings is 1. The van der Waals surface area contributed by atoms with Gasteiger partial charge < -0.3 is 9.67 Å². The first-order chi connectivity index (χ1) is 17.4. The van der Waals surface area contributed by atoms with Gasteiger partial charge >= 0.3 is 0 Å². The highest BCUT2D eigenvalue weighted by Crippen LogP contribution is 2.40. The van der Waals surface area contributed by atoms with E-state index in [4.69, 9.17) is 11.6 Å². The van der Waals surface area contributed by atoms with E-state index in [1.807, 2.05) is 50.4 Å². The number of nitriles is 2. The van der Waals surface area contributed by atoms with Crippen LogP contribution in [0.15, 0.2) is 79.3 Å². The van der Waals surface area contributed by atoms with E-state index < -0.39 is 5.60 Å². The van der Waals surface area contributed by atoms with Crippen molar-refractivity contribution in [3.05, 3.63) is 118 Å². The smallest absolute Gasteiger partial charge is 0.156 e. The van der Waals surface area contributed by atoms with Crippen molar-refractivity contribution in [2.24, 2.45) is 7.05 Å². The molecule has 6 nitrogen and oxygen atoms in total. The maximum Gasteiger partial charge on any atom is 0.156 e. The van der Waals surface area contributed by atoms with E-state index in [1.54, 1.807) is 47.4 Å². The second-order valence-corrected chi connectivity index (χ2v) is 9.03. The standard InChI is InChI=1S/C29H20ClN5O/c1-18-12-21(29(36,26-16-33-17-35(26)2)20-8-10-22(30)11-9-20)13-23-24(14-31)27(19-6-4-3-5-7-19)25(15-32)34-28(18)23/h3-13,16-17,36H,1-2H3. The molecule has 5 rings (SSSR count). The fraction of sp³-hybridized carbons (Fsp3) is 0.103. The number of aryl methyl sites for hydroxylation is 2. The van der Waals surface area contributed by atoms with Crippen LogP contribution >= 0.6 is 11.6 Å². The molecule has 0 fully saturated rings. The molecule has 0 radical (unpaired) electrons. The molecule has 7 heteroatoms. The first-order valence-corrected chi connectivity index (χ1v) is 11.6. The molecule has 0 aliphatic heterocycles. The second kappa shape index (κ2) is 8.94. The number of nitrogens with zero attached hydrogens (tertiary/aromatic N) is 5. The van der Waals surface area contributed by atoms with Gasteiger partial charge in [-0.3, -0.25) is 0 Å². The minimum Gasteiger partial charge on any atom is -0.374 e. The van der Waals surface area contributed by atoms with Crippen LogP contribution in [0.1, 0.15) is 33.6 Å². The zero-order valence-corrected chi connectivity index (χ0v) is 20.3. The summed E-state index contributed by atoms with van der Waals surface area (Å²) in [5.41, 5.74) is 3.06. The third-order valence-corrected chi connectivity index (χ3v) is 6.68. The summed E-state index contributed by atoms with van der Waals surface area (Å²) in [7, 11) is 1.81. The van der Waals surface area contributed by atoms with E-state index in [1.165, 1.54) is 0 Å². The highest BCUT2D eigenvalue weighted by atomic mass is 35.5. The van der Waals surface area contributed by atoms with Gasteiger partial charge in [0.1, 0.15) is 17.8 Å². The quantitative estimate of drug-likeness (QED) is 0.353. The Hall–Kier alpha value is -4.49.